The Kier molecular flexibility index (Phi) is 8.05. The maximum absolute atomic E-state index is 12.7. The summed E-state index contributed by atoms with van der Waals surface area (Å²) in [7, 11) is 0. The normalized spacial score (nSPS) is 18.1. The highest BCUT2D eigenvalue weighted by Gasteiger charge is 2.38. The Morgan fingerprint density at radius 2 is 1.85 bits per heavy atom. The zero-order valence-corrected chi connectivity index (χ0v) is 16.7. The maximum atomic E-state index is 12.7. The Morgan fingerprint density at radius 3 is 2.37 bits per heavy atom. The van der Waals surface area contributed by atoms with Crippen LogP contribution in [-0.2, 0) is 19.1 Å². The summed E-state index contributed by atoms with van der Waals surface area (Å²) in [4.78, 5) is 49.1. The number of carbonyl (C=O) groups excluding carboxylic acids is 4. The number of ether oxygens (including phenoxy) is 1. The molecule has 9 heteroatoms. The molecular formula is C18H30N3O6-. The van der Waals surface area contributed by atoms with Crippen LogP contribution in [0.2, 0.25) is 0 Å². The van der Waals surface area contributed by atoms with Gasteiger partial charge in [-0.2, -0.15) is 0 Å². The second kappa shape index (κ2) is 9.57. The molecular weight excluding hydrogens is 354 g/mol. The Morgan fingerprint density at radius 1 is 1.22 bits per heavy atom. The topological polar surface area (TPSA) is 128 Å². The molecule has 1 rings (SSSR count). The average molecular weight is 384 g/mol. The summed E-state index contributed by atoms with van der Waals surface area (Å²) in [6.07, 6.45) is 0.898. The van der Waals surface area contributed by atoms with Gasteiger partial charge < -0.3 is 25.3 Å². The molecule has 0 bridgehead atoms. The van der Waals surface area contributed by atoms with Gasteiger partial charge in [-0.3, -0.25) is 14.5 Å². The standard InChI is InChI=1S/C18H31N3O6/c1-11(2)9-12(15(24)19-10-14(22)23)20-16(25)13-7-6-8-21(13)17(26)27-18(3,4)5/h11-13H,6-10H2,1-5H3,(H,19,24)(H,20,25)(H,22,23)/p-1/t12-,13-/m1/s1. The summed E-state index contributed by atoms with van der Waals surface area (Å²) in [6.45, 7) is 8.78. The molecule has 0 aromatic heterocycles. The van der Waals surface area contributed by atoms with Crippen LogP contribution in [0.3, 0.4) is 0 Å². The van der Waals surface area contributed by atoms with E-state index in [0.29, 0.717) is 25.8 Å². The van der Waals surface area contributed by atoms with Crippen LogP contribution in [-0.4, -0.2) is 59.6 Å². The molecule has 1 aliphatic rings. The van der Waals surface area contributed by atoms with Crippen molar-refractivity contribution in [1.82, 2.24) is 15.5 Å². The van der Waals surface area contributed by atoms with E-state index in [1.165, 1.54) is 4.90 Å². The van der Waals surface area contributed by atoms with Gasteiger partial charge in [0.1, 0.15) is 17.7 Å². The van der Waals surface area contributed by atoms with Crippen molar-refractivity contribution in [3.63, 3.8) is 0 Å². The van der Waals surface area contributed by atoms with Crippen LogP contribution >= 0.6 is 0 Å². The third-order valence-corrected chi connectivity index (χ3v) is 3.93. The van der Waals surface area contributed by atoms with Gasteiger partial charge >= 0.3 is 6.09 Å². The summed E-state index contributed by atoms with van der Waals surface area (Å²) in [6, 6.07) is -1.61. The molecule has 0 saturated carbocycles. The first kappa shape index (κ1) is 22.7. The van der Waals surface area contributed by atoms with E-state index in [-0.39, 0.29) is 5.92 Å². The number of amides is 3. The molecule has 0 aromatic carbocycles. The molecule has 0 radical (unpaired) electrons. The van der Waals surface area contributed by atoms with Gasteiger partial charge in [0.15, 0.2) is 0 Å². The molecule has 2 N–H and O–H groups in total. The van der Waals surface area contributed by atoms with E-state index in [1.807, 2.05) is 13.8 Å². The molecule has 1 aliphatic heterocycles. The lowest BCUT2D eigenvalue weighted by Crippen LogP contribution is -2.54. The van der Waals surface area contributed by atoms with Crippen molar-refractivity contribution in [3.05, 3.63) is 0 Å². The van der Waals surface area contributed by atoms with Crippen LogP contribution in [0.1, 0.15) is 53.9 Å². The van der Waals surface area contributed by atoms with E-state index in [0.717, 1.165) is 0 Å². The lowest BCUT2D eigenvalue weighted by Gasteiger charge is -2.29. The van der Waals surface area contributed by atoms with Crippen LogP contribution in [0, 0.1) is 5.92 Å². The van der Waals surface area contributed by atoms with Crippen molar-refractivity contribution in [2.24, 2.45) is 5.92 Å². The van der Waals surface area contributed by atoms with Crippen molar-refractivity contribution in [3.8, 4) is 0 Å². The third kappa shape index (κ3) is 7.84. The van der Waals surface area contributed by atoms with Crippen LogP contribution in [0.25, 0.3) is 0 Å². The first-order valence-corrected chi connectivity index (χ1v) is 9.18. The number of carboxylic acids is 1. The van der Waals surface area contributed by atoms with Gasteiger partial charge in [0.2, 0.25) is 11.8 Å². The second-order valence-corrected chi connectivity index (χ2v) is 8.11. The Hall–Kier alpha value is -2.32. The molecule has 0 spiro atoms. The Bertz CT molecular complexity index is 570. The first-order valence-electron chi connectivity index (χ1n) is 9.18. The highest BCUT2D eigenvalue weighted by Crippen LogP contribution is 2.21. The van der Waals surface area contributed by atoms with E-state index in [2.05, 4.69) is 10.6 Å². The van der Waals surface area contributed by atoms with E-state index in [9.17, 15) is 24.3 Å². The SMILES string of the molecule is CC(C)C[C@@H](NC(=O)[C@H]1CCCN1C(=O)OC(C)(C)C)C(=O)NCC(=O)[O-]. The van der Waals surface area contributed by atoms with Crippen molar-refractivity contribution in [1.29, 1.82) is 0 Å². The molecule has 0 unspecified atom stereocenters. The van der Waals surface area contributed by atoms with Gasteiger partial charge in [-0.05, 0) is 46.0 Å². The quantitative estimate of drug-likeness (QED) is 0.625. The predicted molar refractivity (Wildman–Crippen MR) is 95.4 cm³/mol. The number of carboxylic acid groups (broad SMARTS) is 1. The number of aliphatic carboxylic acids is 1. The fourth-order valence-electron chi connectivity index (χ4n) is 2.83. The van der Waals surface area contributed by atoms with E-state index in [4.69, 9.17) is 4.74 Å². The lowest BCUT2D eigenvalue weighted by atomic mass is 10.0. The van der Waals surface area contributed by atoms with E-state index in [1.54, 1.807) is 20.8 Å². The Labute approximate surface area is 159 Å². The van der Waals surface area contributed by atoms with Gasteiger partial charge in [0, 0.05) is 6.54 Å². The largest absolute Gasteiger partial charge is 0.548 e. The van der Waals surface area contributed by atoms with Crippen molar-refractivity contribution in [2.75, 3.05) is 13.1 Å². The Balaban J connectivity index is 2.79. The number of hydrogen-bond donors (Lipinski definition) is 2. The summed E-state index contributed by atoms with van der Waals surface area (Å²) in [5.74, 6) is -2.37. The van der Waals surface area contributed by atoms with Crippen molar-refractivity contribution < 1.29 is 29.0 Å². The highest BCUT2D eigenvalue weighted by molar-refractivity contribution is 5.92. The average Bonchev–Trinajstić information content (AvgIpc) is 2.99. The first-order chi connectivity index (χ1) is 12.4. The fraction of sp³-hybridized carbons (Fsp3) is 0.778. The summed E-state index contributed by atoms with van der Waals surface area (Å²) >= 11 is 0. The van der Waals surface area contributed by atoms with Gasteiger partial charge in [0.25, 0.3) is 0 Å². The molecule has 9 nitrogen and oxygen atoms in total. The summed E-state index contributed by atoms with van der Waals surface area (Å²) in [5, 5.41) is 15.4. The monoisotopic (exact) mass is 384 g/mol. The number of hydrogen-bond acceptors (Lipinski definition) is 6. The second-order valence-electron chi connectivity index (χ2n) is 8.11. The predicted octanol–water partition coefficient (Wildman–Crippen LogP) is -0.217. The van der Waals surface area contributed by atoms with E-state index < -0.39 is 48.1 Å². The van der Waals surface area contributed by atoms with Crippen LogP contribution in [0.4, 0.5) is 4.79 Å². The van der Waals surface area contributed by atoms with Crippen molar-refractivity contribution in [2.45, 2.75) is 71.6 Å². The number of rotatable bonds is 7. The maximum Gasteiger partial charge on any atom is 0.410 e. The molecule has 0 aliphatic carbocycles. The highest BCUT2D eigenvalue weighted by atomic mass is 16.6. The molecule has 2 atom stereocenters. The molecule has 1 saturated heterocycles. The number of likely N-dealkylation sites (tertiary alicyclic amines) is 1. The summed E-state index contributed by atoms with van der Waals surface area (Å²) < 4.78 is 5.34. The fourth-order valence-corrected chi connectivity index (χ4v) is 2.83. The van der Waals surface area contributed by atoms with E-state index >= 15 is 0 Å². The third-order valence-electron chi connectivity index (χ3n) is 3.93. The molecule has 1 fully saturated rings. The van der Waals surface area contributed by atoms with Gasteiger partial charge in [-0.1, -0.05) is 13.8 Å². The minimum Gasteiger partial charge on any atom is -0.548 e. The minimum atomic E-state index is -1.41. The van der Waals surface area contributed by atoms with Gasteiger partial charge in [-0.25, -0.2) is 4.79 Å². The smallest absolute Gasteiger partial charge is 0.410 e. The number of nitrogens with zero attached hydrogens (tertiary/aromatic N) is 1. The van der Waals surface area contributed by atoms with Crippen LogP contribution in [0.15, 0.2) is 0 Å². The minimum absolute atomic E-state index is 0.0922. The zero-order valence-electron chi connectivity index (χ0n) is 16.7. The molecule has 3 amide bonds. The molecule has 154 valence electrons. The number of carbonyl (C=O) groups is 4. The van der Waals surface area contributed by atoms with Crippen molar-refractivity contribution >= 4 is 23.9 Å². The lowest BCUT2D eigenvalue weighted by molar-refractivity contribution is -0.304. The molecule has 0 aromatic rings. The van der Waals surface area contributed by atoms with Gasteiger partial charge in [0.05, 0.1) is 12.5 Å². The summed E-state index contributed by atoms with van der Waals surface area (Å²) in [5.41, 5.74) is -0.675. The molecule has 1 heterocycles. The zero-order chi connectivity index (χ0) is 20.8. The van der Waals surface area contributed by atoms with Gasteiger partial charge in [-0.15, -0.1) is 0 Å². The van der Waals surface area contributed by atoms with Crippen LogP contribution < -0.4 is 15.7 Å². The molecule has 27 heavy (non-hydrogen) atoms. The van der Waals surface area contributed by atoms with Crippen LogP contribution in [0.5, 0.6) is 0 Å². The number of nitrogens with one attached hydrogen (secondary N) is 2.